The third-order valence-corrected chi connectivity index (χ3v) is 2.57. The molecule has 0 bridgehead atoms. The predicted octanol–water partition coefficient (Wildman–Crippen LogP) is 1.10. The number of nitrogens with one attached hydrogen (secondary N) is 1. The molecule has 0 saturated carbocycles. The Kier molecular flexibility index (Phi) is 2.02. The molecule has 1 N–H and O–H groups in total. The van der Waals surface area contributed by atoms with Gasteiger partial charge in [0.2, 0.25) is 0 Å². The molecule has 5 heteroatoms. The van der Waals surface area contributed by atoms with Crippen LogP contribution in [-0.2, 0) is 0 Å². The van der Waals surface area contributed by atoms with Crippen molar-refractivity contribution in [2.75, 3.05) is 0 Å². The quantitative estimate of drug-likeness (QED) is 0.752. The van der Waals surface area contributed by atoms with E-state index >= 15 is 0 Å². The highest BCUT2D eigenvalue weighted by Crippen LogP contribution is 2.14. The van der Waals surface area contributed by atoms with Crippen LogP contribution in [0.2, 0.25) is 0 Å². The number of hydrogen-bond donors (Lipinski definition) is 1. The molecule has 0 saturated heterocycles. The maximum absolute atomic E-state index is 10.6. The first-order valence-corrected chi connectivity index (χ1v) is 3.62. The average molecular weight is 253 g/mol. The van der Waals surface area contributed by atoms with Crippen LogP contribution in [0, 0.1) is 6.20 Å². The third kappa shape index (κ3) is 1.40. The average Bonchev–Trinajstić information content (AvgIpc) is 1.83. The summed E-state index contributed by atoms with van der Waals surface area (Å²) < 4.78 is 0.948. The molecule has 1 heterocycles. The number of hydrogen-bond acceptors (Lipinski definition) is 2. The lowest BCUT2D eigenvalue weighted by Gasteiger charge is -1.87. The van der Waals surface area contributed by atoms with E-state index in [1.54, 1.807) is 0 Å². The number of H-pyrrole nitrogens is 1. The highest BCUT2D eigenvalue weighted by molar-refractivity contribution is 9.13. The van der Waals surface area contributed by atoms with Gasteiger partial charge in [0.05, 0.1) is 4.47 Å². The van der Waals surface area contributed by atoms with Crippen LogP contribution < -0.4 is 5.56 Å². The molecule has 47 valence electrons. The van der Waals surface area contributed by atoms with Crippen molar-refractivity contribution in [2.24, 2.45) is 0 Å². The zero-order valence-corrected chi connectivity index (χ0v) is 7.28. The van der Waals surface area contributed by atoms with Crippen molar-refractivity contribution in [3.8, 4) is 0 Å². The van der Waals surface area contributed by atoms with Crippen molar-refractivity contribution >= 4 is 31.9 Å². The highest BCUT2D eigenvalue weighted by atomic mass is 79.9. The molecule has 0 amide bonds. The van der Waals surface area contributed by atoms with Crippen LogP contribution >= 0.6 is 31.9 Å². The van der Waals surface area contributed by atoms with Gasteiger partial charge in [-0.1, -0.05) is 0 Å². The first-order valence-electron chi connectivity index (χ1n) is 2.03. The number of nitrogens with zero attached hydrogens (tertiary/aromatic N) is 1. The van der Waals surface area contributed by atoms with Gasteiger partial charge in [-0.15, -0.1) is 0 Å². The molecule has 0 aliphatic heterocycles. The van der Waals surface area contributed by atoms with Crippen molar-refractivity contribution in [1.29, 1.82) is 0 Å². The summed E-state index contributed by atoms with van der Waals surface area (Å²) in [4.78, 5) is 10.6. The van der Waals surface area contributed by atoms with Crippen LogP contribution in [0.1, 0.15) is 0 Å². The molecule has 1 aromatic rings. The summed E-state index contributed by atoms with van der Waals surface area (Å²) in [5, 5.41) is 5.61. The maximum Gasteiger partial charge on any atom is 0.279 e. The van der Waals surface area contributed by atoms with E-state index < -0.39 is 0 Å². The molecule has 1 aromatic heterocycles. The van der Waals surface area contributed by atoms with Crippen LogP contribution in [-0.4, -0.2) is 10.2 Å². The van der Waals surface area contributed by atoms with E-state index in [0.717, 1.165) is 0 Å². The molecule has 0 unspecified atom stereocenters. The van der Waals surface area contributed by atoms with Gasteiger partial charge >= 0.3 is 0 Å². The fourth-order valence-electron chi connectivity index (χ4n) is 0.326. The summed E-state index contributed by atoms with van der Waals surface area (Å²) in [6.45, 7) is 0. The van der Waals surface area contributed by atoms with Crippen LogP contribution in [0.4, 0.5) is 0 Å². The van der Waals surface area contributed by atoms with Crippen LogP contribution in [0.5, 0.6) is 0 Å². The van der Waals surface area contributed by atoms with Crippen LogP contribution in [0.15, 0.2) is 13.7 Å². The van der Waals surface area contributed by atoms with Crippen molar-refractivity contribution in [1.82, 2.24) is 10.2 Å². The molecule has 3 nitrogen and oxygen atoms in total. The minimum Gasteiger partial charge on any atom is -0.267 e. The van der Waals surface area contributed by atoms with E-state index in [2.05, 4.69) is 48.3 Å². The number of aromatic nitrogens is 2. The van der Waals surface area contributed by atoms with Gasteiger partial charge in [0.15, 0.2) is 0 Å². The Labute approximate surface area is 67.7 Å². The first kappa shape index (κ1) is 6.95. The normalized spacial score (nSPS) is 9.56. The summed E-state index contributed by atoms with van der Waals surface area (Å²) in [6, 6.07) is 0. The van der Waals surface area contributed by atoms with E-state index in [1.807, 2.05) is 0 Å². The molecule has 0 aliphatic carbocycles. The third-order valence-electron chi connectivity index (χ3n) is 0.704. The monoisotopic (exact) mass is 251 g/mol. The van der Waals surface area contributed by atoms with E-state index in [0.29, 0.717) is 8.95 Å². The molecule has 1 rings (SSSR count). The Hall–Kier alpha value is -0.160. The summed E-state index contributed by atoms with van der Waals surface area (Å²) in [5.41, 5.74) is -0.263. The van der Waals surface area contributed by atoms with Crippen molar-refractivity contribution < 1.29 is 0 Å². The highest BCUT2D eigenvalue weighted by Gasteiger charge is 1.98. The summed E-state index contributed by atoms with van der Waals surface area (Å²) in [7, 11) is 0. The van der Waals surface area contributed by atoms with E-state index in [4.69, 9.17) is 0 Å². The Morgan fingerprint density at radius 1 is 1.56 bits per heavy atom. The van der Waals surface area contributed by atoms with Gasteiger partial charge in [-0.25, -0.2) is 5.10 Å². The Bertz CT molecular complexity index is 270. The zero-order valence-electron chi connectivity index (χ0n) is 4.11. The second kappa shape index (κ2) is 2.62. The lowest BCUT2D eigenvalue weighted by Crippen LogP contribution is -2.08. The largest absolute Gasteiger partial charge is 0.279 e. The minimum absolute atomic E-state index is 0.263. The van der Waals surface area contributed by atoms with Gasteiger partial charge in [0, 0.05) is 0 Å². The second-order valence-corrected chi connectivity index (χ2v) is 2.88. The second-order valence-electron chi connectivity index (χ2n) is 1.29. The molecule has 0 aliphatic rings. The number of halogens is 2. The van der Waals surface area contributed by atoms with Gasteiger partial charge in [0.1, 0.15) is 10.7 Å². The molecule has 9 heavy (non-hydrogen) atoms. The number of rotatable bonds is 0. The fourth-order valence-corrected chi connectivity index (χ4v) is 0.772. The molecule has 0 atom stereocenters. The van der Waals surface area contributed by atoms with Gasteiger partial charge in [-0.3, -0.25) is 4.79 Å². The lowest BCUT2D eigenvalue weighted by atomic mass is 10.6. The molecular formula is C4HBr2N2O. The van der Waals surface area contributed by atoms with Gasteiger partial charge in [-0.2, -0.15) is 5.10 Å². The molecule has 0 spiro atoms. The summed E-state index contributed by atoms with van der Waals surface area (Å²) >= 11 is 6.08. The number of aromatic amines is 1. The Balaban J connectivity index is 3.43. The Morgan fingerprint density at radius 2 is 2.22 bits per heavy atom. The predicted molar refractivity (Wildman–Crippen MR) is 39.1 cm³/mol. The smallest absolute Gasteiger partial charge is 0.267 e. The van der Waals surface area contributed by atoms with E-state index in [-0.39, 0.29) is 5.56 Å². The van der Waals surface area contributed by atoms with Crippen molar-refractivity contribution in [3.63, 3.8) is 0 Å². The van der Waals surface area contributed by atoms with Crippen LogP contribution in [0.25, 0.3) is 0 Å². The lowest BCUT2D eigenvalue weighted by molar-refractivity contribution is 0.962. The van der Waals surface area contributed by atoms with E-state index in [1.165, 1.54) is 0 Å². The van der Waals surface area contributed by atoms with Crippen LogP contribution in [0.3, 0.4) is 0 Å². The Morgan fingerprint density at radius 3 is 2.67 bits per heavy atom. The molecule has 1 radical (unpaired) electrons. The SMILES string of the molecule is O=c1[nH]n[c]c(Br)c1Br. The maximum atomic E-state index is 10.6. The first-order chi connectivity index (χ1) is 4.22. The molecule has 0 aromatic carbocycles. The molecular weight excluding hydrogens is 252 g/mol. The van der Waals surface area contributed by atoms with E-state index in [9.17, 15) is 4.79 Å². The summed E-state index contributed by atoms with van der Waals surface area (Å²) in [5.74, 6) is 0. The standard InChI is InChI=1S/C4HBr2N2O/c5-2-1-7-8-4(9)3(2)6/h(H,8,9). The van der Waals surface area contributed by atoms with Gasteiger partial charge in [-0.05, 0) is 31.9 Å². The van der Waals surface area contributed by atoms with Gasteiger partial charge in [0.25, 0.3) is 5.56 Å². The van der Waals surface area contributed by atoms with Gasteiger partial charge < -0.3 is 0 Å². The van der Waals surface area contributed by atoms with Crippen molar-refractivity contribution in [3.05, 3.63) is 25.5 Å². The molecule has 0 fully saturated rings. The minimum atomic E-state index is -0.263. The zero-order chi connectivity index (χ0) is 6.85. The summed E-state index contributed by atoms with van der Waals surface area (Å²) in [6.07, 6.45) is 2.50. The topological polar surface area (TPSA) is 45.8 Å². The fraction of sp³-hybridized carbons (Fsp3) is 0. The van der Waals surface area contributed by atoms with Crippen molar-refractivity contribution in [2.45, 2.75) is 0 Å².